The summed E-state index contributed by atoms with van der Waals surface area (Å²) in [7, 11) is 3.78. The van der Waals surface area contributed by atoms with Crippen molar-refractivity contribution in [1.29, 1.82) is 0 Å². The number of hydrogen-bond donors (Lipinski definition) is 0. The third-order valence-electron chi connectivity index (χ3n) is 2.26. The van der Waals surface area contributed by atoms with Gasteiger partial charge in [-0.3, -0.25) is 0 Å². The first kappa shape index (κ1) is 10.2. The molecule has 70 valence electrons. The third-order valence-corrected chi connectivity index (χ3v) is 2.26. The molecule has 0 atom stereocenters. The molecule has 0 bridgehead atoms. The zero-order valence-corrected chi connectivity index (χ0v) is 9.14. The molecule has 0 saturated carbocycles. The number of methoxy groups -OCH3 is 1. The Hall–Kier alpha value is -0.915. The van der Waals surface area contributed by atoms with Crippen LogP contribution in [-0.2, 0) is 5.41 Å². The molecule has 0 saturated heterocycles. The van der Waals surface area contributed by atoms with Gasteiger partial charge in [0.1, 0.15) is 13.6 Å². The minimum absolute atomic E-state index is 0.219. The highest BCUT2D eigenvalue weighted by Gasteiger charge is 2.14. The average molecular weight is 176 g/mol. The Morgan fingerprint density at radius 3 is 2.23 bits per heavy atom. The highest BCUT2D eigenvalue weighted by molar-refractivity contribution is 6.34. The van der Waals surface area contributed by atoms with Crippen molar-refractivity contribution in [2.24, 2.45) is 0 Å². The van der Waals surface area contributed by atoms with Crippen LogP contribution in [0.5, 0.6) is 5.75 Å². The van der Waals surface area contributed by atoms with Gasteiger partial charge in [-0.2, -0.15) is 0 Å². The maximum absolute atomic E-state index is 5.21. The van der Waals surface area contributed by atoms with E-state index in [-0.39, 0.29) is 5.41 Å². The first-order valence-electron chi connectivity index (χ1n) is 4.60. The zero-order valence-electron chi connectivity index (χ0n) is 9.14. The van der Waals surface area contributed by atoms with Gasteiger partial charge in [-0.15, -0.1) is 0 Å². The lowest BCUT2D eigenvalue weighted by atomic mass is 9.82. The predicted molar refractivity (Wildman–Crippen MR) is 59.9 cm³/mol. The molecule has 0 aliphatic rings. The molecular formula is C11H17BO. The van der Waals surface area contributed by atoms with Gasteiger partial charge in [0, 0.05) is 0 Å². The molecule has 13 heavy (non-hydrogen) atoms. The van der Waals surface area contributed by atoms with Crippen molar-refractivity contribution in [2.75, 3.05) is 7.11 Å². The van der Waals surface area contributed by atoms with Crippen LogP contribution in [0.2, 0.25) is 0 Å². The smallest absolute Gasteiger partial charge is 0.144 e. The van der Waals surface area contributed by atoms with Gasteiger partial charge in [-0.05, 0) is 22.5 Å². The van der Waals surface area contributed by atoms with E-state index < -0.39 is 0 Å². The molecular weight excluding hydrogens is 159 g/mol. The molecule has 0 aliphatic carbocycles. The van der Waals surface area contributed by atoms with E-state index in [0.29, 0.717) is 0 Å². The zero-order chi connectivity index (χ0) is 10.1. The van der Waals surface area contributed by atoms with E-state index in [4.69, 9.17) is 4.74 Å². The molecule has 1 nitrogen and oxygen atoms in total. The summed E-state index contributed by atoms with van der Waals surface area (Å²) in [6.07, 6.45) is 0. The Bertz CT molecular complexity index is 299. The molecule has 0 unspecified atom stereocenters. The second-order valence-corrected chi connectivity index (χ2v) is 4.43. The van der Waals surface area contributed by atoms with Crippen molar-refractivity contribution < 1.29 is 4.74 Å². The molecule has 0 N–H and O–H groups in total. The van der Waals surface area contributed by atoms with E-state index in [9.17, 15) is 0 Å². The fraction of sp³-hybridized carbons (Fsp3) is 0.455. The SMILES string of the molecule is Bc1cc(C(C)(C)C)ccc1OC. The lowest BCUT2D eigenvalue weighted by molar-refractivity contribution is 0.417. The third kappa shape index (κ3) is 2.27. The van der Waals surface area contributed by atoms with Gasteiger partial charge in [0.05, 0.1) is 7.11 Å². The van der Waals surface area contributed by atoms with Crippen LogP contribution in [0.3, 0.4) is 0 Å². The van der Waals surface area contributed by atoms with Gasteiger partial charge in [0.15, 0.2) is 0 Å². The molecule has 1 aromatic rings. The summed E-state index contributed by atoms with van der Waals surface area (Å²) in [6, 6.07) is 6.36. The van der Waals surface area contributed by atoms with Crippen molar-refractivity contribution in [3.63, 3.8) is 0 Å². The standard InChI is InChI=1S/C11H17BO/c1-11(2,3)8-5-6-10(13-4)9(12)7-8/h5-7H,12H2,1-4H3. The van der Waals surface area contributed by atoms with Crippen LogP contribution in [0, 0.1) is 0 Å². The van der Waals surface area contributed by atoms with Crippen LogP contribution >= 0.6 is 0 Å². The summed E-state index contributed by atoms with van der Waals surface area (Å²) in [5.74, 6) is 0.966. The normalized spacial score (nSPS) is 11.4. The maximum atomic E-state index is 5.21. The molecule has 0 heterocycles. The number of ether oxygens (including phenoxy) is 1. The quantitative estimate of drug-likeness (QED) is 0.585. The monoisotopic (exact) mass is 176 g/mol. The summed E-state index contributed by atoms with van der Waals surface area (Å²) in [5.41, 5.74) is 2.78. The molecule has 1 rings (SSSR count). The van der Waals surface area contributed by atoms with Gasteiger partial charge in [-0.25, -0.2) is 0 Å². The maximum Gasteiger partial charge on any atom is 0.144 e. The first-order valence-corrected chi connectivity index (χ1v) is 4.60. The van der Waals surface area contributed by atoms with Crippen molar-refractivity contribution >= 4 is 13.3 Å². The molecule has 0 aliphatic heterocycles. The average Bonchev–Trinajstić information content (AvgIpc) is 2.02. The van der Waals surface area contributed by atoms with Crippen molar-refractivity contribution in [3.8, 4) is 5.75 Å². The Kier molecular flexibility index (Phi) is 2.70. The van der Waals surface area contributed by atoms with Gasteiger partial charge >= 0.3 is 0 Å². The summed E-state index contributed by atoms with van der Waals surface area (Å²) in [6.45, 7) is 6.65. The van der Waals surface area contributed by atoms with Crippen molar-refractivity contribution in [3.05, 3.63) is 23.8 Å². The van der Waals surface area contributed by atoms with Crippen molar-refractivity contribution in [1.82, 2.24) is 0 Å². The Balaban J connectivity index is 3.10. The second-order valence-electron chi connectivity index (χ2n) is 4.43. The summed E-state index contributed by atoms with van der Waals surface area (Å²) in [5, 5.41) is 0. The van der Waals surface area contributed by atoms with Crippen LogP contribution < -0.4 is 10.2 Å². The van der Waals surface area contributed by atoms with E-state index in [0.717, 1.165) is 5.75 Å². The van der Waals surface area contributed by atoms with Gasteiger partial charge in [0.25, 0.3) is 0 Å². The Morgan fingerprint density at radius 2 is 1.85 bits per heavy atom. The fourth-order valence-corrected chi connectivity index (χ4v) is 1.34. The molecule has 1 aromatic carbocycles. The molecule has 0 amide bonds. The summed E-state index contributed by atoms with van der Waals surface area (Å²) in [4.78, 5) is 0. The number of benzene rings is 1. The fourth-order valence-electron chi connectivity index (χ4n) is 1.34. The largest absolute Gasteiger partial charge is 0.497 e. The molecule has 0 spiro atoms. The minimum atomic E-state index is 0.219. The minimum Gasteiger partial charge on any atom is -0.497 e. The van der Waals surface area contributed by atoms with Crippen LogP contribution in [0.1, 0.15) is 26.3 Å². The highest BCUT2D eigenvalue weighted by Crippen LogP contribution is 2.22. The lowest BCUT2D eigenvalue weighted by Crippen LogP contribution is -2.16. The Labute approximate surface area is 81.5 Å². The van der Waals surface area contributed by atoms with Crippen LogP contribution in [0.15, 0.2) is 18.2 Å². The summed E-state index contributed by atoms with van der Waals surface area (Å²) < 4.78 is 5.21. The van der Waals surface area contributed by atoms with E-state index in [1.807, 2.05) is 6.07 Å². The molecule has 0 aromatic heterocycles. The lowest BCUT2D eigenvalue weighted by Gasteiger charge is -2.20. The van der Waals surface area contributed by atoms with Gasteiger partial charge < -0.3 is 4.74 Å². The van der Waals surface area contributed by atoms with E-state index in [1.54, 1.807) is 7.11 Å². The summed E-state index contributed by atoms with van der Waals surface area (Å²) >= 11 is 0. The van der Waals surface area contributed by atoms with E-state index in [2.05, 4.69) is 40.8 Å². The first-order chi connectivity index (χ1) is 5.95. The van der Waals surface area contributed by atoms with Gasteiger partial charge in [-0.1, -0.05) is 32.9 Å². The number of rotatable bonds is 1. The van der Waals surface area contributed by atoms with Crippen molar-refractivity contribution in [2.45, 2.75) is 26.2 Å². The highest BCUT2D eigenvalue weighted by atomic mass is 16.5. The Morgan fingerprint density at radius 1 is 1.23 bits per heavy atom. The second kappa shape index (κ2) is 3.45. The van der Waals surface area contributed by atoms with E-state index in [1.165, 1.54) is 11.0 Å². The predicted octanol–water partition coefficient (Wildman–Crippen LogP) is 1.25. The molecule has 2 heteroatoms. The number of hydrogen-bond acceptors (Lipinski definition) is 1. The van der Waals surface area contributed by atoms with Crippen LogP contribution in [-0.4, -0.2) is 15.0 Å². The molecule has 0 radical (unpaired) electrons. The van der Waals surface area contributed by atoms with E-state index >= 15 is 0 Å². The molecule has 0 fully saturated rings. The van der Waals surface area contributed by atoms with Gasteiger partial charge in [0.2, 0.25) is 0 Å². The van der Waals surface area contributed by atoms with Crippen LogP contribution in [0.25, 0.3) is 0 Å². The topological polar surface area (TPSA) is 9.23 Å². The van der Waals surface area contributed by atoms with Crippen LogP contribution in [0.4, 0.5) is 0 Å².